The number of fused-ring (bicyclic) bond motifs is 1. The van der Waals surface area contributed by atoms with Gasteiger partial charge in [0.1, 0.15) is 0 Å². The van der Waals surface area contributed by atoms with Crippen molar-refractivity contribution in [2.45, 2.75) is 39.5 Å². The topological polar surface area (TPSA) is 53.5 Å². The molecule has 0 spiro atoms. The van der Waals surface area contributed by atoms with E-state index in [2.05, 4.69) is 6.07 Å². The third-order valence-corrected chi connectivity index (χ3v) is 6.79. The van der Waals surface area contributed by atoms with Crippen LogP contribution in [0.1, 0.15) is 37.8 Å². The molecule has 2 amide bonds. The second kappa shape index (κ2) is 9.65. The predicted molar refractivity (Wildman–Crippen MR) is 131 cm³/mol. The Morgan fingerprint density at radius 3 is 2.69 bits per heavy atom. The van der Waals surface area contributed by atoms with E-state index in [4.69, 9.17) is 4.98 Å². The monoisotopic (exact) mass is 447 g/mol. The first-order chi connectivity index (χ1) is 15.4. The van der Waals surface area contributed by atoms with Crippen LogP contribution in [0.4, 0.5) is 10.8 Å². The molecule has 1 aliphatic heterocycles. The van der Waals surface area contributed by atoms with Crippen molar-refractivity contribution < 1.29 is 9.59 Å². The van der Waals surface area contributed by atoms with E-state index >= 15 is 0 Å². The molecule has 0 atom stereocenters. The number of aryl methyl sites for hydroxylation is 2. The van der Waals surface area contributed by atoms with Crippen LogP contribution >= 0.6 is 11.3 Å². The number of carbonyl (C=O) groups excluding carboxylic acids is 2. The van der Waals surface area contributed by atoms with Crippen molar-refractivity contribution in [1.29, 1.82) is 0 Å². The van der Waals surface area contributed by atoms with Gasteiger partial charge in [-0.1, -0.05) is 50.2 Å². The molecule has 3 aromatic rings. The summed E-state index contributed by atoms with van der Waals surface area (Å²) in [6.07, 6.45) is 3.10. The first-order valence-corrected chi connectivity index (χ1v) is 12.0. The lowest BCUT2D eigenvalue weighted by molar-refractivity contribution is -0.121. The van der Waals surface area contributed by atoms with Crippen LogP contribution in [0, 0.1) is 5.92 Å². The molecule has 0 radical (unpaired) electrons. The van der Waals surface area contributed by atoms with Gasteiger partial charge >= 0.3 is 0 Å². The minimum absolute atomic E-state index is 0.0170. The number of carbonyl (C=O) groups is 2. The molecule has 0 saturated heterocycles. The molecular weight excluding hydrogens is 418 g/mol. The average molecular weight is 448 g/mol. The van der Waals surface area contributed by atoms with E-state index in [0.29, 0.717) is 11.6 Å². The minimum Gasteiger partial charge on any atom is -0.312 e. The Morgan fingerprint density at radius 1 is 1.16 bits per heavy atom. The maximum Gasteiger partial charge on any atom is 0.229 e. The molecule has 166 valence electrons. The maximum atomic E-state index is 12.7. The number of thiazole rings is 1. The molecule has 0 saturated carbocycles. The second-order valence-electron chi connectivity index (χ2n) is 8.55. The zero-order valence-corrected chi connectivity index (χ0v) is 19.7. The van der Waals surface area contributed by atoms with Gasteiger partial charge in [0.05, 0.1) is 5.69 Å². The summed E-state index contributed by atoms with van der Waals surface area (Å²) in [7, 11) is 1.79. The molecule has 2 aromatic carbocycles. The third kappa shape index (κ3) is 4.75. The number of nitrogens with zero attached hydrogens (tertiary/aromatic N) is 3. The quantitative estimate of drug-likeness (QED) is 0.512. The van der Waals surface area contributed by atoms with Crippen molar-refractivity contribution in [2.24, 2.45) is 5.92 Å². The van der Waals surface area contributed by atoms with E-state index in [1.54, 1.807) is 11.9 Å². The summed E-state index contributed by atoms with van der Waals surface area (Å²) in [5.41, 5.74) is 5.25. The first-order valence-electron chi connectivity index (χ1n) is 11.1. The van der Waals surface area contributed by atoms with Gasteiger partial charge < -0.3 is 4.90 Å². The van der Waals surface area contributed by atoms with Crippen LogP contribution in [-0.2, 0) is 22.4 Å². The van der Waals surface area contributed by atoms with Gasteiger partial charge in [-0.2, -0.15) is 0 Å². The number of anilines is 2. The Hall–Kier alpha value is -2.99. The van der Waals surface area contributed by atoms with Crippen molar-refractivity contribution >= 4 is 34.0 Å². The summed E-state index contributed by atoms with van der Waals surface area (Å²) in [6, 6.07) is 16.3. The average Bonchev–Trinajstić information content (AvgIpc) is 3.31. The van der Waals surface area contributed by atoms with Crippen LogP contribution in [0.15, 0.2) is 53.9 Å². The molecule has 0 aliphatic carbocycles. The summed E-state index contributed by atoms with van der Waals surface area (Å²) in [5.74, 6) is 0.213. The molecule has 0 bridgehead atoms. The van der Waals surface area contributed by atoms with Crippen molar-refractivity contribution in [3.05, 3.63) is 65.0 Å². The molecule has 0 N–H and O–H groups in total. The third-order valence-electron chi connectivity index (χ3n) is 5.88. The van der Waals surface area contributed by atoms with Crippen molar-refractivity contribution in [1.82, 2.24) is 4.98 Å². The molecule has 0 unspecified atom stereocenters. The zero-order valence-electron chi connectivity index (χ0n) is 18.9. The highest BCUT2D eigenvalue weighted by atomic mass is 32.1. The molecule has 5 nitrogen and oxygen atoms in total. The lowest BCUT2D eigenvalue weighted by Gasteiger charge is -2.31. The molecule has 1 aliphatic rings. The van der Waals surface area contributed by atoms with Gasteiger partial charge in [0.2, 0.25) is 11.8 Å². The van der Waals surface area contributed by atoms with E-state index in [9.17, 15) is 9.59 Å². The van der Waals surface area contributed by atoms with Gasteiger partial charge in [-0.05, 0) is 42.5 Å². The molecule has 6 heteroatoms. The summed E-state index contributed by atoms with van der Waals surface area (Å²) < 4.78 is 0. The second-order valence-corrected chi connectivity index (χ2v) is 9.38. The van der Waals surface area contributed by atoms with Gasteiger partial charge in [0.25, 0.3) is 0 Å². The lowest BCUT2D eigenvalue weighted by Crippen LogP contribution is -2.38. The first kappa shape index (κ1) is 22.2. The predicted octanol–water partition coefficient (Wildman–Crippen LogP) is 5.34. The van der Waals surface area contributed by atoms with Crippen LogP contribution in [0.3, 0.4) is 0 Å². The number of hydrogen-bond acceptors (Lipinski definition) is 4. The number of amides is 2. The lowest BCUT2D eigenvalue weighted by atomic mass is 9.97. The van der Waals surface area contributed by atoms with Gasteiger partial charge in [-0.15, -0.1) is 11.3 Å². The van der Waals surface area contributed by atoms with Crippen LogP contribution < -0.4 is 9.80 Å². The van der Waals surface area contributed by atoms with Gasteiger partial charge in [-0.25, -0.2) is 4.98 Å². The molecule has 32 heavy (non-hydrogen) atoms. The Kier molecular flexibility index (Phi) is 6.70. The van der Waals surface area contributed by atoms with Gasteiger partial charge in [0.15, 0.2) is 5.13 Å². The maximum absolute atomic E-state index is 12.7. The summed E-state index contributed by atoms with van der Waals surface area (Å²) in [5, 5.41) is 2.70. The zero-order chi connectivity index (χ0) is 22.7. The van der Waals surface area contributed by atoms with Crippen LogP contribution in [0.25, 0.3) is 11.3 Å². The summed E-state index contributed by atoms with van der Waals surface area (Å²) >= 11 is 1.48. The number of aromatic nitrogens is 1. The van der Waals surface area contributed by atoms with E-state index < -0.39 is 0 Å². The minimum atomic E-state index is -0.0170. The van der Waals surface area contributed by atoms with Crippen LogP contribution in [0.2, 0.25) is 0 Å². The highest BCUT2D eigenvalue weighted by Crippen LogP contribution is 2.34. The SMILES string of the molecule is CC(C)C(=O)N1CCCc2cc(-c3csc(N(C)C(=O)CCc4ccccc4)n3)ccc21. The number of hydrogen-bond donors (Lipinski definition) is 0. The fourth-order valence-corrected chi connectivity index (χ4v) is 4.84. The normalized spacial score (nSPS) is 13.2. The molecular formula is C26H29N3O2S. The standard InChI is InChI=1S/C26H29N3O2S/c1-18(2)25(31)29-15-7-10-21-16-20(12-13-23(21)29)22-17-32-26(27-22)28(3)24(30)14-11-19-8-5-4-6-9-19/h4-6,8-9,12-13,16-18H,7,10-11,14-15H2,1-3H3. The van der Waals surface area contributed by atoms with Crippen LogP contribution in [-0.4, -0.2) is 30.4 Å². The van der Waals surface area contributed by atoms with Gasteiger partial charge in [0, 0.05) is 42.6 Å². The van der Waals surface area contributed by atoms with Crippen molar-refractivity contribution in [3.63, 3.8) is 0 Å². The van der Waals surface area contributed by atoms with E-state index in [1.165, 1.54) is 16.9 Å². The van der Waals surface area contributed by atoms with E-state index in [1.807, 2.05) is 66.6 Å². The summed E-state index contributed by atoms with van der Waals surface area (Å²) in [6.45, 7) is 4.67. The number of rotatable bonds is 6. The Balaban J connectivity index is 1.47. The fraction of sp³-hybridized carbons (Fsp3) is 0.346. The largest absolute Gasteiger partial charge is 0.312 e. The van der Waals surface area contributed by atoms with Crippen LogP contribution in [0.5, 0.6) is 0 Å². The summed E-state index contributed by atoms with van der Waals surface area (Å²) in [4.78, 5) is 33.5. The van der Waals surface area contributed by atoms with Crippen molar-refractivity contribution in [2.75, 3.05) is 23.4 Å². The number of benzene rings is 2. The molecule has 1 aromatic heterocycles. The van der Waals surface area contributed by atoms with E-state index in [0.717, 1.165) is 48.3 Å². The smallest absolute Gasteiger partial charge is 0.229 e. The Bertz CT molecular complexity index is 1110. The highest BCUT2D eigenvalue weighted by Gasteiger charge is 2.25. The molecule has 0 fully saturated rings. The Morgan fingerprint density at radius 2 is 1.94 bits per heavy atom. The fourth-order valence-electron chi connectivity index (χ4n) is 4.02. The van der Waals surface area contributed by atoms with Crippen molar-refractivity contribution in [3.8, 4) is 11.3 Å². The Labute approximate surface area is 193 Å². The molecule has 2 heterocycles. The highest BCUT2D eigenvalue weighted by molar-refractivity contribution is 7.14. The van der Waals surface area contributed by atoms with E-state index in [-0.39, 0.29) is 17.7 Å². The molecule has 4 rings (SSSR count). The van der Waals surface area contributed by atoms with Gasteiger partial charge in [-0.3, -0.25) is 14.5 Å².